The second-order valence-electron chi connectivity index (χ2n) is 5.67. The van der Waals surface area contributed by atoms with E-state index in [9.17, 15) is 9.18 Å². The Morgan fingerprint density at radius 2 is 1.77 bits per heavy atom. The van der Waals surface area contributed by atoms with Crippen LogP contribution >= 0.6 is 0 Å². The first-order valence-electron chi connectivity index (χ1n) is 7.22. The summed E-state index contributed by atoms with van der Waals surface area (Å²) >= 11 is 0. The van der Waals surface area contributed by atoms with Crippen molar-refractivity contribution in [2.45, 2.75) is 25.2 Å². The third-order valence-corrected chi connectivity index (χ3v) is 4.13. The molecule has 1 fully saturated rings. The van der Waals surface area contributed by atoms with Crippen LogP contribution in [-0.2, 0) is 11.3 Å². The van der Waals surface area contributed by atoms with E-state index in [0.29, 0.717) is 6.54 Å². The van der Waals surface area contributed by atoms with Crippen LogP contribution in [0.4, 0.5) is 4.39 Å². The molecule has 0 aliphatic carbocycles. The molecule has 0 unspecified atom stereocenters. The van der Waals surface area contributed by atoms with E-state index in [2.05, 4.69) is 0 Å². The summed E-state index contributed by atoms with van der Waals surface area (Å²) in [5, 5.41) is 0. The van der Waals surface area contributed by atoms with Gasteiger partial charge in [0.15, 0.2) is 0 Å². The lowest BCUT2D eigenvalue weighted by molar-refractivity contribution is -0.176. The smallest absolute Gasteiger partial charge is 0.263 e. The van der Waals surface area contributed by atoms with Gasteiger partial charge in [-0.25, -0.2) is 4.39 Å². The molecule has 3 rings (SSSR count). The summed E-state index contributed by atoms with van der Waals surface area (Å²) in [6, 6.07) is 16.2. The average Bonchev–Trinajstić information content (AvgIpc) is 2.55. The van der Waals surface area contributed by atoms with Crippen molar-refractivity contribution in [3.05, 3.63) is 65.7 Å². The second-order valence-corrected chi connectivity index (χ2v) is 5.67. The first kappa shape index (κ1) is 14.6. The van der Waals surface area contributed by atoms with Gasteiger partial charge in [0.2, 0.25) is 5.67 Å². The topological polar surface area (TPSA) is 29.5 Å². The third kappa shape index (κ3) is 2.34. The molecular formula is C18H18FNO2. The van der Waals surface area contributed by atoms with Crippen molar-refractivity contribution in [1.82, 2.24) is 4.90 Å². The van der Waals surface area contributed by atoms with Crippen molar-refractivity contribution in [1.29, 1.82) is 0 Å². The zero-order valence-electron chi connectivity index (χ0n) is 12.6. The monoisotopic (exact) mass is 299 g/mol. The van der Waals surface area contributed by atoms with Gasteiger partial charge < -0.3 is 9.64 Å². The number of amides is 1. The number of β-lactam (4-membered cyclic amide) rings is 1. The molecule has 1 saturated heterocycles. The van der Waals surface area contributed by atoms with E-state index in [0.717, 1.165) is 16.9 Å². The van der Waals surface area contributed by atoms with Crippen molar-refractivity contribution in [2.24, 2.45) is 0 Å². The molecule has 1 amide bonds. The number of ether oxygens (including phenoxy) is 1. The molecule has 0 radical (unpaired) electrons. The van der Waals surface area contributed by atoms with E-state index in [1.807, 2.05) is 54.6 Å². The minimum absolute atomic E-state index is 0.391. The second kappa shape index (κ2) is 5.44. The van der Waals surface area contributed by atoms with Crippen molar-refractivity contribution >= 4 is 5.91 Å². The summed E-state index contributed by atoms with van der Waals surface area (Å²) in [5.74, 6) is 0.297. The Kier molecular flexibility index (Phi) is 3.61. The van der Waals surface area contributed by atoms with Gasteiger partial charge in [-0.2, -0.15) is 0 Å². The molecule has 3 nitrogen and oxygen atoms in total. The number of halogens is 1. The lowest BCUT2D eigenvalue weighted by Crippen LogP contribution is -2.63. The number of benzene rings is 2. The van der Waals surface area contributed by atoms with Gasteiger partial charge in [0, 0.05) is 6.54 Å². The Morgan fingerprint density at radius 1 is 1.14 bits per heavy atom. The van der Waals surface area contributed by atoms with Crippen molar-refractivity contribution in [3.63, 3.8) is 0 Å². The molecule has 1 heterocycles. The van der Waals surface area contributed by atoms with E-state index in [4.69, 9.17) is 4.74 Å². The van der Waals surface area contributed by atoms with E-state index in [1.165, 1.54) is 6.92 Å². The Labute approximate surface area is 129 Å². The van der Waals surface area contributed by atoms with Crippen LogP contribution in [0.25, 0.3) is 0 Å². The maximum absolute atomic E-state index is 14.6. The van der Waals surface area contributed by atoms with Crippen molar-refractivity contribution in [3.8, 4) is 5.75 Å². The lowest BCUT2D eigenvalue weighted by atomic mass is 9.80. The predicted octanol–water partition coefficient (Wildman–Crippen LogP) is 3.51. The van der Waals surface area contributed by atoms with Gasteiger partial charge in [0.05, 0.1) is 7.11 Å². The largest absolute Gasteiger partial charge is 0.497 e. The Morgan fingerprint density at radius 3 is 2.36 bits per heavy atom. The number of nitrogens with zero attached hydrogens (tertiary/aromatic N) is 1. The fourth-order valence-electron chi connectivity index (χ4n) is 2.96. The van der Waals surface area contributed by atoms with Crippen LogP contribution < -0.4 is 4.74 Å². The van der Waals surface area contributed by atoms with Gasteiger partial charge >= 0.3 is 0 Å². The molecular weight excluding hydrogens is 281 g/mol. The van der Waals surface area contributed by atoms with Gasteiger partial charge in [-0.15, -0.1) is 0 Å². The number of hydrogen-bond acceptors (Lipinski definition) is 2. The fourth-order valence-corrected chi connectivity index (χ4v) is 2.96. The van der Waals surface area contributed by atoms with Crippen LogP contribution in [0.5, 0.6) is 5.75 Å². The minimum Gasteiger partial charge on any atom is -0.497 e. The van der Waals surface area contributed by atoms with Gasteiger partial charge in [-0.1, -0.05) is 42.5 Å². The SMILES string of the molecule is COc1ccc(CN2C(=O)[C@](C)(F)[C@@H]2c2ccccc2)cc1. The van der Waals surface area contributed by atoms with E-state index >= 15 is 0 Å². The Balaban J connectivity index is 1.83. The van der Waals surface area contributed by atoms with Crippen LogP contribution in [-0.4, -0.2) is 23.6 Å². The highest BCUT2D eigenvalue weighted by molar-refractivity contribution is 5.92. The number of hydrogen-bond donors (Lipinski definition) is 0. The first-order valence-corrected chi connectivity index (χ1v) is 7.22. The summed E-state index contributed by atoms with van der Waals surface area (Å²) in [5.41, 5.74) is -0.0698. The Bertz CT molecular complexity index is 667. The molecule has 0 saturated carbocycles. The summed E-state index contributed by atoms with van der Waals surface area (Å²) in [7, 11) is 1.61. The number of likely N-dealkylation sites (tertiary alicyclic amines) is 1. The van der Waals surface area contributed by atoms with Crippen molar-refractivity contribution < 1.29 is 13.9 Å². The predicted molar refractivity (Wildman–Crippen MR) is 82.2 cm³/mol. The fraction of sp³-hybridized carbons (Fsp3) is 0.278. The quantitative estimate of drug-likeness (QED) is 0.809. The molecule has 0 aromatic heterocycles. The third-order valence-electron chi connectivity index (χ3n) is 4.13. The van der Waals surface area contributed by atoms with Crippen molar-refractivity contribution in [2.75, 3.05) is 7.11 Å². The van der Waals surface area contributed by atoms with Gasteiger partial charge in [-0.05, 0) is 30.2 Å². The molecule has 1 aliphatic heterocycles. The normalized spacial score (nSPS) is 24.0. The van der Waals surface area contributed by atoms with Crippen LogP contribution in [0.1, 0.15) is 24.1 Å². The first-order chi connectivity index (χ1) is 10.5. The summed E-state index contributed by atoms with van der Waals surface area (Å²) < 4.78 is 19.7. The zero-order valence-corrected chi connectivity index (χ0v) is 12.6. The van der Waals surface area contributed by atoms with E-state index in [1.54, 1.807) is 12.0 Å². The molecule has 114 valence electrons. The number of rotatable bonds is 4. The number of carbonyl (C=O) groups is 1. The molecule has 22 heavy (non-hydrogen) atoms. The molecule has 0 spiro atoms. The molecule has 2 aromatic rings. The lowest BCUT2D eigenvalue weighted by Gasteiger charge is -2.50. The van der Waals surface area contributed by atoms with E-state index in [-0.39, 0.29) is 0 Å². The molecule has 2 aromatic carbocycles. The molecule has 2 atom stereocenters. The van der Waals surface area contributed by atoms with E-state index < -0.39 is 17.6 Å². The number of carbonyl (C=O) groups excluding carboxylic acids is 1. The number of methoxy groups -OCH3 is 1. The van der Waals surface area contributed by atoms with Crippen LogP contribution in [0, 0.1) is 0 Å². The highest BCUT2D eigenvalue weighted by atomic mass is 19.1. The molecule has 0 bridgehead atoms. The Hall–Kier alpha value is -2.36. The van der Waals surface area contributed by atoms with Gasteiger partial charge in [0.1, 0.15) is 11.8 Å². The average molecular weight is 299 g/mol. The van der Waals surface area contributed by atoms with Gasteiger partial charge in [0.25, 0.3) is 5.91 Å². The number of alkyl halides is 1. The van der Waals surface area contributed by atoms with Gasteiger partial charge in [-0.3, -0.25) is 4.79 Å². The standard InChI is InChI=1S/C18H18FNO2/c1-18(19)16(14-6-4-3-5-7-14)20(17(18)21)12-13-8-10-15(22-2)11-9-13/h3-11,16H,12H2,1-2H3/t16-,18+/m0/s1. The highest BCUT2D eigenvalue weighted by Crippen LogP contribution is 2.46. The summed E-state index contributed by atoms with van der Waals surface area (Å²) in [6.07, 6.45) is 0. The minimum atomic E-state index is -1.84. The molecule has 4 heteroatoms. The molecule has 0 N–H and O–H groups in total. The van der Waals surface area contributed by atoms with Crippen LogP contribution in [0.3, 0.4) is 0 Å². The zero-order chi connectivity index (χ0) is 15.7. The maximum Gasteiger partial charge on any atom is 0.263 e. The van der Waals surface area contributed by atoms with Crippen LogP contribution in [0.15, 0.2) is 54.6 Å². The van der Waals surface area contributed by atoms with Crippen LogP contribution in [0.2, 0.25) is 0 Å². The maximum atomic E-state index is 14.6. The summed E-state index contributed by atoms with van der Waals surface area (Å²) in [6.45, 7) is 1.75. The summed E-state index contributed by atoms with van der Waals surface area (Å²) in [4.78, 5) is 13.7. The molecule has 1 aliphatic rings. The highest BCUT2D eigenvalue weighted by Gasteiger charge is 2.58.